The molecule has 0 bridgehead atoms. The van der Waals surface area contributed by atoms with Crippen molar-refractivity contribution in [3.63, 3.8) is 0 Å². The quantitative estimate of drug-likeness (QED) is 0.474. The molecule has 0 unspecified atom stereocenters. The van der Waals surface area contributed by atoms with E-state index in [-0.39, 0.29) is 22.5 Å². The summed E-state index contributed by atoms with van der Waals surface area (Å²) in [5.41, 5.74) is 1.92. The van der Waals surface area contributed by atoms with Gasteiger partial charge in [-0.25, -0.2) is 8.42 Å². The number of hydrogen-bond donors (Lipinski definition) is 2. The van der Waals surface area contributed by atoms with Crippen molar-refractivity contribution in [3.8, 4) is 0 Å². The molecule has 0 spiro atoms. The minimum atomic E-state index is -3.64. The maximum Gasteiger partial charge on any atom is 0.257 e. The highest BCUT2D eigenvalue weighted by Gasteiger charge is 2.20. The topological polar surface area (TPSA) is 78.5 Å². The summed E-state index contributed by atoms with van der Waals surface area (Å²) in [4.78, 5) is 12.4. The number of anilines is 1. The van der Waals surface area contributed by atoms with Gasteiger partial charge in [0.2, 0.25) is 10.0 Å². The van der Waals surface area contributed by atoms with Gasteiger partial charge in [0.15, 0.2) is 5.11 Å². The van der Waals surface area contributed by atoms with E-state index in [0.717, 1.165) is 10.0 Å². The van der Waals surface area contributed by atoms with Crippen molar-refractivity contribution in [3.05, 3.63) is 94.5 Å². The summed E-state index contributed by atoms with van der Waals surface area (Å²) in [5, 5.41) is 5.59. The molecule has 0 aliphatic carbocycles. The van der Waals surface area contributed by atoms with Crippen LogP contribution in [0.1, 0.15) is 15.9 Å². The molecule has 1 amide bonds. The number of hydrogen-bond acceptors (Lipinski definition) is 4. The first-order valence-corrected chi connectivity index (χ1v) is 11.9. The Morgan fingerprint density at radius 3 is 2.32 bits per heavy atom. The second-order valence-electron chi connectivity index (χ2n) is 6.69. The first kappa shape index (κ1) is 23.1. The van der Waals surface area contributed by atoms with Gasteiger partial charge in [-0.3, -0.25) is 10.1 Å². The fourth-order valence-electron chi connectivity index (χ4n) is 2.78. The Balaban J connectivity index is 1.62. The Hall–Kier alpha value is -2.59. The van der Waals surface area contributed by atoms with Crippen LogP contribution in [0.3, 0.4) is 0 Å². The molecule has 160 valence electrons. The number of carbonyl (C=O) groups is 1. The summed E-state index contributed by atoms with van der Waals surface area (Å²) in [6.45, 7) is 0.273. The average Bonchev–Trinajstić information content (AvgIpc) is 2.74. The first-order valence-electron chi connectivity index (χ1n) is 9.24. The second kappa shape index (κ2) is 10.1. The zero-order valence-electron chi connectivity index (χ0n) is 16.6. The van der Waals surface area contributed by atoms with Crippen LogP contribution in [-0.2, 0) is 16.6 Å². The van der Waals surface area contributed by atoms with Crippen LogP contribution in [0.4, 0.5) is 5.69 Å². The first-order chi connectivity index (χ1) is 14.8. The van der Waals surface area contributed by atoms with E-state index in [1.165, 1.54) is 16.4 Å². The predicted octanol–water partition coefficient (Wildman–Crippen LogP) is 4.40. The smallest absolute Gasteiger partial charge is 0.257 e. The third-order valence-electron chi connectivity index (χ3n) is 4.38. The maximum absolute atomic E-state index is 12.8. The van der Waals surface area contributed by atoms with Crippen molar-refractivity contribution in [1.82, 2.24) is 9.62 Å². The van der Waals surface area contributed by atoms with Crippen LogP contribution in [0, 0.1) is 0 Å². The monoisotopic (exact) mass is 517 g/mol. The highest BCUT2D eigenvalue weighted by molar-refractivity contribution is 9.10. The van der Waals surface area contributed by atoms with Gasteiger partial charge in [-0.1, -0.05) is 52.3 Å². The molecule has 31 heavy (non-hydrogen) atoms. The number of rotatable bonds is 6. The van der Waals surface area contributed by atoms with Gasteiger partial charge < -0.3 is 5.32 Å². The Kier molecular flexibility index (Phi) is 7.55. The van der Waals surface area contributed by atoms with Gasteiger partial charge in [0, 0.05) is 29.3 Å². The van der Waals surface area contributed by atoms with Gasteiger partial charge in [-0.2, -0.15) is 4.31 Å². The third kappa shape index (κ3) is 6.20. The van der Waals surface area contributed by atoms with Crippen LogP contribution in [0.2, 0.25) is 0 Å². The van der Waals surface area contributed by atoms with Crippen molar-refractivity contribution in [2.75, 3.05) is 12.4 Å². The molecular weight excluding hydrogens is 498 g/mol. The van der Waals surface area contributed by atoms with Gasteiger partial charge >= 0.3 is 0 Å². The van der Waals surface area contributed by atoms with Gasteiger partial charge in [0.25, 0.3) is 5.91 Å². The van der Waals surface area contributed by atoms with Crippen LogP contribution in [-0.4, -0.2) is 30.8 Å². The number of nitrogens with zero attached hydrogens (tertiary/aromatic N) is 1. The number of amides is 1. The number of thiocarbonyl (C=S) groups is 1. The van der Waals surface area contributed by atoms with Crippen molar-refractivity contribution in [1.29, 1.82) is 0 Å². The molecule has 6 nitrogen and oxygen atoms in total. The summed E-state index contributed by atoms with van der Waals surface area (Å²) in [7, 11) is -2.10. The molecule has 0 saturated heterocycles. The van der Waals surface area contributed by atoms with E-state index in [4.69, 9.17) is 12.2 Å². The lowest BCUT2D eigenvalue weighted by Crippen LogP contribution is -2.34. The van der Waals surface area contributed by atoms with Crippen LogP contribution in [0.25, 0.3) is 0 Å². The third-order valence-corrected chi connectivity index (χ3v) is 6.90. The number of sulfonamides is 1. The molecular formula is C22H20BrN3O3S2. The molecule has 3 aromatic rings. The SMILES string of the molecule is CN(Cc1ccccc1)S(=O)(=O)c1ccc(NC(=S)NC(=O)c2cccc(Br)c2)cc1. The summed E-state index contributed by atoms with van der Waals surface area (Å²) >= 11 is 8.51. The highest BCUT2D eigenvalue weighted by Crippen LogP contribution is 2.19. The molecule has 0 fully saturated rings. The summed E-state index contributed by atoms with van der Waals surface area (Å²) in [5.74, 6) is -0.347. The predicted molar refractivity (Wildman–Crippen MR) is 129 cm³/mol. The average molecular weight is 518 g/mol. The number of nitrogens with one attached hydrogen (secondary N) is 2. The van der Waals surface area contributed by atoms with Crippen molar-refractivity contribution < 1.29 is 13.2 Å². The summed E-state index contributed by atoms with van der Waals surface area (Å²) in [6, 6.07) is 22.5. The lowest BCUT2D eigenvalue weighted by molar-refractivity contribution is 0.0977. The minimum Gasteiger partial charge on any atom is -0.332 e. The molecule has 0 aliphatic rings. The highest BCUT2D eigenvalue weighted by atomic mass is 79.9. The van der Waals surface area contributed by atoms with E-state index in [1.807, 2.05) is 36.4 Å². The normalized spacial score (nSPS) is 11.2. The Morgan fingerprint density at radius 1 is 1.00 bits per heavy atom. The zero-order chi connectivity index (χ0) is 22.4. The number of benzene rings is 3. The fraction of sp³-hybridized carbons (Fsp3) is 0.0909. The molecule has 9 heteroatoms. The number of carbonyl (C=O) groups excluding carboxylic acids is 1. The molecule has 0 heterocycles. The van der Waals surface area contributed by atoms with Crippen LogP contribution in [0.15, 0.2) is 88.2 Å². The van der Waals surface area contributed by atoms with E-state index in [0.29, 0.717) is 11.3 Å². The summed E-state index contributed by atoms with van der Waals surface area (Å²) in [6.07, 6.45) is 0. The van der Waals surface area contributed by atoms with E-state index < -0.39 is 10.0 Å². The molecule has 0 saturated carbocycles. The van der Waals surface area contributed by atoms with Crippen LogP contribution in [0.5, 0.6) is 0 Å². The van der Waals surface area contributed by atoms with E-state index in [9.17, 15) is 13.2 Å². The zero-order valence-corrected chi connectivity index (χ0v) is 19.8. The van der Waals surface area contributed by atoms with Gasteiger partial charge in [0.05, 0.1) is 4.90 Å². The number of halogens is 1. The molecule has 3 aromatic carbocycles. The molecule has 3 rings (SSSR count). The standard InChI is InChI=1S/C22H20BrN3O3S2/c1-26(15-16-6-3-2-4-7-16)31(28,29)20-12-10-19(11-13-20)24-22(30)25-21(27)17-8-5-9-18(23)14-17/h2-14H,15H2,1H3,(H2,24,25,27,30). The fourth-order valence-corrected chi connectivity index (χ4v) is 4.55. The van der Waals surface area contributed by atoms with Gasteiger partial charge in [0.1, 0.15) is 0 Å². The minimum absolute atomic E-state index is 0.113. The van der Waals surface area contributed by atoms with E-state index >= 15 is 0 Å². The van der Waals surface area contributed by atoms with Crippen LogP contribution >= 0.6 is 28.1 Å². The van der Waals surface area contributed by atoms with Gasteiger partial charge in [-0.15, -0.1) is 0 Å². The van der Waals surface area contributed by atoms with Crippen LogP contribution < -0.4 is 10.6 Å². The van der Waals surface area contributed by atoms with Gasteiger partial charge in [-0.05, 0) is 60.2 Å². The second-order valence-corrected chi connectivity index (χ2v) is 10.1. The lowest BCUT2D eigenvalue weighted by atomic mass is 10.2. The maximum atomic E-state index is 12.8. The Morgan fingerprint density at radius 2 is 1.68 bits per heavy atom. The Labute approximate surface area is 195 Å². The van der Waals surface area contributed by atoms with Crippen molar-refractivity contribution >= 4 is 54.9 Å². The molecule has 0 radical (unpaired) electrons. The molecule has 2 N–H and O–H groups in total. The largest absolute Gasteiger partial charge is 0.332 e. The Bertz CT molecular complexity index is 1180. The van der Waals surface area contributed by atoms with E-state index in [2.05, 4.69) is 26.6 Å². The molecule has 0 atom stereocenters. The van der Waals surface area contributed by atoms with Crippen molar-refractivity contribution in [2.45, 2.75) is 11.4 Å². The van der Waals surface area contributed by atoms with Crippen molar-refractivity contribution in [2.24, 2.45) is 0 Å². The lowest BCUT2D eigenvalue weighted by Gasteiger charge is -2.17. The molecule has 0 aromatic heterocycles. The summed E-state index contributed by atoms with van der Waals surface area (Å²) < 4.78 is 27.7. The van der Waals surface area contributed by atoms with E-state index in [1.54, 1.807) is 37.4 Å². The molecule has 0 aliphatic heterocycles.